The molecule has 1 aromatic heterocycles. The summed E-state index contributed by atoms with van der Waals surface area (Å²) in [7, 11) is 0. The molecule has 21 heavy (non-hydrogen) atoms. The van der Waals surface area contributed by atoms with Crippen LogP contribution < -0.4 is 4.57 Å². The lowest BCUT2D eigenvalue weighted by Crippen LogP contribution is -2.37. The Morgan fingerprint density at radius 3 is 2.81 bits per heavy atom. The summed E-state index contributed by atoms with van der Waals surface area (Å²) in [4.78, 5) is 24.8. The van der Waals surface area contributed by atoms with Gasteiger partial charge in [-0.05, 0) is 6.42 Å². The standard InChI is InChI=1S/C15H24N3O3/c1-3-13(19)10-17-8-7-16(11-17)5-4-6-18-14(20)9-12(2)15(18)21/h7-8,11-13,19H,3-6,9-10H2,1-2H3/q+1. The fraction of sp³-hybridized carbons (Fsp3) is 0.667. The van der Waals surface area contributed by atoms with Gasteiger partial charge in [0, 0.05) is 25.3 Å². The molecule has 0 radical (unpaired) electrons. The van der Waals surface area contributed by atoms with Gasteiger partial charge in [0.2, 0.25) is 18.1 Å². The van der Waals surface area contributed by atoms with Crippen LogP contribution >= 0.6 is 0 Å². The topological polar surface area (TPSA) is 66.4 Å². The molecule has 116 valence electrons. The number of likely N-dealkylation sites (tertiary alicyclic amines) is 1. The van der Waals surface area contributed by atoms with Crippen LogP contribution in [0.25, 0.3) is 0 Å². The van der Waals surface area contributed by atoms with Crippen molar-refractivity contribution in [3.8, 4) is 0 Å². The Morgan fingerprint density at radius 2 is 2.19 bits per heavy atom. The van der Waals surface area contributed by atoms with E-state index >= 15 is 0 Å². The highest BCUT2D eigenvalue weighted by atomic mass is 16.3. The molecule has 6 nitrogen and oxygen atoms in total. The summed E-state index contributed by atoms with van der Waals surface area (Å²) in [5, 5.41) is 9.61. The Labute approximate surface area is 125 Å². The van der Waals surface area contributed by atoms with E-state index in [1.165, 1.54) is 4.90 Å². The first-order valence-electron chi connectivity index (χ1n) is 7.58. The van der Waals surface area contributed by atoms with E-state index in [2.05, 4.69) is 0 Å². The Kier molecular flexibility index (Phi) is 5.12. The SMILES string of the molecule is CCC(O)C[n+]1ccn(CCCN2C(=O)CC(C)C2=O)c1. The first-order chi connectivity index (χ1) is 10.0. The first-order valence-corrected chi connectivity index (χ1v) is 7.58. The van der Waals surface area contributed by atoms with Crippen molar-refractivity contribution >= 4 is 11.8 Å². The fourth-order valence-electron chi connectivity index (χ4n) is 2.55. The highest BCUT2D eigenvalue weighted by Gasteiger charge is 2.34. The van der Waals surface area contributed by atoms with E-state index in [4.69, 9.17) is 0 Å². The van der Waals surface area contributed by atoms with Gasteiger partial charge >= 0.3 is 0 Å². The van der Waals surface area contributed by atoms with Gasteiger partial charge < -0.3 is 5.11 Å². The van der Waals surface area contributed by atoms with E-state index in [0.717, 1.165) is 19.4 Å². The van der Waals surface area contributed by atoms with Crippen LogP contribution in [0.2, 0.25) is 0 Å². The number of aryl methyl sites for hydroxylation is 1. The van der Waals surface area contributed by atoms with Crippen LogP contribution in [0.1, 0.15) is 33.1 Å². The normalized spacial score (nSPS) is 20.3. The molecule has 0 aromatic carbocycles. The van der Waals surface area contributed by atoms with Crippen molar-refractivity contribution in [2.75, 3.05) is 6.54 Å². The van der Waals surface area contributed by atoms with Gasteiger partial charge in [0.15, 0.2) is 0 Å². The van der Waals surface area contributed by atoms with E-state index in [0.29, 0.717) is 19.5 Å². The average molecular weight is 294 g/mol. The molecule has 1 aromatic rings. The Bertz CT molecular complexity index is 512. The van der Waals surface area contributed by atoms with Crippen LogP contribution in [0.3, 0.4) is 0 Å². The quantitative estimate of drug-likeness (QED) is 0.582. The minimum Gasteiger partial charge on any atom is -0.389 e. The molecule has 0 spiro atoms. The van der Waals surface area contributed by atoms with Crippen molar-refractivity contribution in [3.63, 3.8) is 0 Å². The molecule has 1 fully saturated rings. The second-order valence-electron chi connectivity index (χ2n) is 5.75. The summed E-state index contributed by atoms with van der Waals surface area (Å²) in [5.74, 6) is -0.267. The van der Waals surface area contributed by atoms with Crippen LogP contribution in [0.4, 0.5) is 0 Å². The van der Waals surface area contributed by atoms with Gasteiger partial charge in [0.25, 0.3) is 0 Å². The number of hydrogen-bond acceptors (Lipinski definition) is 3. The minimum atomic E-state index is -0.327. The highest BCUT2D eigenvalue weighted by Crippen LogP contribution is 2.18. The van der Waals surface area contributed by atoms with Gasteiger partial charge in [-0.3, -0.25) is 14.5 Å². The number of aromatic nitrogens is 2. The predicted molar refractivity (Wildman–Crippen MR) is 76.0 cm³/mol. The van der Waals surface area contributed by atoms with Crippen molar-refractivity contribution in [2.24, 2.45) is 5.92 Å². The van der Waals surface area contributed by atoms with Crippen LogP contribution in [0.5, 0.6) is 0 Å². The largest absolute Gasteiger partial charge is 0.389 e. The fourth-order valence-corrected chi connectivity index (χ4v) is 2.55. The van der Waals surface area contributed by atoms with Crippen LogP contribution in [-0.2, 0) is 22.7 Å². The Balaban J connectivity index is 1.79. The van der Waals surface area contributed by atoms with Gasteiger partial charge in [0.05, 0.1) is 12.6 Å². The molecule has 2 unspecified atom stereocenters. The molecule has 2 amide bonds. The molecule has 0 saturated carbocycles. The summed E-state index contributed by atoms with van der Waals surface area (Å²) in [5.41, 5.74) is 0. The summed E-state index contributed by atoms with van der Waals surface area (Å²) in [6.07, 6.45) is 7.30. The van der Waals surface area contributed by atoms with Gasteiger partial charge in [-0.1, -0.05) is 13.8 Å². The molecule has 2 rings (SSSR count). The second kappa shape index (κ2) is 6.85. The van der Waals surface area contributed by atoms with Gasteiger partial charge in [-0.2, -0.15) is 0 Å². The lowest BCUT2D eigenvalue weighted by molar-refractivity contribution is -0.703. The summed E-state index contributed by atoms with van der Waals surface area (Å²) in [6, 6.07) is 0. The molecule has 1 saturated heterocycles. The van der Waals surface area contributed by atoms with E-state index in [-0.39, 0.29) is 23.8 Å². The van der Waals surface area contributed by atoms with E-state index in [1.54, 1.807) is 6.92 Å². The van der Waals surface area contributed by atoms with E-state index in [9.17, 15) is 14.7 Å². The number of amides is 2. The first kappa shape index (κ1) is 15.7. The number of imidazole rings is 1. The third kappa shape index (κ3) is 3.91. The monoisotopic (exact) mass is 294 g/mol. The van der Waals surface area contributed by atoms with Gasteiger partial charge in [0.1, 0.15) is 18.9 Å². The number of hydrogen-bond donors (Lipinski definition) is 1. The van der Waals surface area contributed by atoms with Crippen molar-refractivity contribution in [2.45, 2.75) is 52.3 Å². The molecule has 0 aliphatic carbocycles. The lowest BCUT2D eigenvalue weighted by atomic mass is 10.1. The van der Waals surface area contributed by atoms with Crippen molar-refractivity contribution in [1.29, 1.82) is 0 Å². The Morgan fingerprint density at radius 1 is 1.43 bits per heavy atom. The number of nitrogens with zero attached hydrogens (tertiary/aromatic N) is 3. The zero-order valence-corrected chi connectivity index (χ0v) is 12.7. The van der Waals surface area contributed by atoms with E-state index in [1.807, 2.05) is 34.8 Å². The molecule has 2 atom stereocenters. The predicted octanol–water partition coefficient (Wildman–Crippen LogP) is 0.332. The maximum atomic E-state index is 11.8. The molecule has 6 heteroatoms. The van der Waals surface area contributed by atoms with Crippen LogP contribution in [-0.4, -0.2) is 39.0 Å². The molecule has 1 N–H and O–H groups in total. The number of aliphatic hydroxyl groups excluding tert-OH is 1. The summed E-state index contributed by atoms with van der Waals surface area (Å²) in [6.45, 7) is 5.57. The molecule has 0 bridgehead atoms. The maximum absolute atomic E-state index is 11.8. The van der Waals surface area contributed by atoms with Gasteiger partial charge in [-0.25, -0.2) is 9.13 Å². The third-order valence-corrected chi connectivity index (χ3v) is 3.91. The van der Waals surface area contributed by atoms with Crippen molar-refractivity contribution in [1.82, 2.24) is 9.47 Å². The number of aliphatic hydroxyl groups is 1. The van der Waals surface area contributed by atoms with Crippen LogP contribution in [0.15, 0.2) is 18.7 Å². The summed E-state index contributed by atoms with van der Waals surface area (Å²) < 4.78 is 3.96. The molecule has 2 heterocycles. The maximum Gasteiger partial charge on any atom is 0.243 e. The number of carbonyl (C=O) groups is 2. The Hall–Kier alpha value is -1.69. The van der Waals surface area contributed by atoms with Gasteiger partial charge in [-0.15, -0.1) is 0 Å². The summed E-state index contributed by atoms with van der Waals surface area (Å²) >= 11 is 0. The van der Waals surface area contributed by atoms with Crippen LogP contribution in [0, 0.1) is 5.92 Å². The third-order valence-electron chi connectivity index (χ3n) is 3.91. The molecular formula is C15H24N3O3+. The number of carbonyl (C=O) groups excluding carboxylic acids is 2. The van der Waals surface area contributed by atoms with Crippen molar-refractivity contribution in [3.05, 3.63) is 18.7 Å². The zero-order chi connectivity index (χ0) is 15.4. The smallest absolute Gasteiger partial charge is 0.243 e. The molecule has 1 aliphatic rings. The second-order valence-corrected chi connectivity index (χ2v) is 5.75. The minimum absolute atomic E-state index is 0.0476. The lowest BCUT2D eigenvalue weighted by Gasteiger charge is -2.13. The van der Waals surface area contributed by atoms with E-state index < -0.39 is 0 Å². The van der Waals surface area contributed by atoms with Crippen molar-refractivity contribution < 1.29 is 19.3 Å². The highest BCUT2D eigenvalue weighted by molar-refractivity contribution is 6.03. The number of imide groups is 1. The zero-order valence-electron chi connectivity index (χ0n) is 12.7. The molecular weight excluding hydrogens is 270 g/mol. The molecule has 1 aliphatic heterocycles. The average Bonchev–Trinajstić information content (AvgIpc) is 2.98. The number of rotatable bonds is 7.